The molecular formula is C31H35FN6O5. The number of likely N-dealkylation sites (N-methyl/N-ethyl adjacent to an activating group) is 1. The molecule has 0 aliphatic carbocycles. The number of nitrogens with one attached hydrogen (secondary N) is 1. The van der Waals surface area contributed by atoms with Crippen molar-refractivity contribution in [2.24, 2.45) is 0 Å². The third kappa shape index (κ3) is 5.16. The van der Waals surface area contributed by atoms with E-state index in [0.717, 1.165) is 18.7 Å². The highest BCUT2D eigenvalue weighted by atomic mass is 19.1. The first-order valence-electron chi connectivity index (χ1n) is 14.5. The molecule has 1 saturated heterocycles. The van der Waals surface area contributed by atoms with Gasteiger partial charge in [-0.05, 0) is 37.6 Å². The topological polar surface area (TPSA) is 114 Å². The molecule has 4 aromatic rings. The zero-order chi connectivity index (χ0) is 30.2. The number of carbonyl (C=O) groups is 1. The fourth-order valence-electron chi connectivity index (χ4n) is 5.92. The van der Waals surface area contributed by atoms with Crippen LogP contribution in [0.4, 0.5) is 10.2 Å². The molecule has 2 N–H and O–H groups in total. The van der Waals surface area contributed by atoms with Gasteiger partial charge >= 0.3 is 0 Å². The highest BCUT2D eigenvalue weighted by Gasteiger charge is 2.37. The van der Waals surface area contributed by atoms with E-state index in [1.165, 1.54) is 16.8 Å². The maximum Gasteiger partial charge on any atom is 0.280 e. The number of methoxy groups -OCH3 is 1. The molecular weight excluding hydrogens is 555 g/mol. The van der Waals surface area contributed by atoms with Gasteiger partial charge in [0.25, 0.3) is 11.5 Å². The van der Waals surface area contributed by atoms with Crippen LogP contribution < -0.4 is 25.2 Å². The average Bonchev–Trinajstić information content (AvgIpc) is 3.34. The van der Waals surface area contributed by atoms with Crippen LogP contribution >= 0.6 is 0 Å². The van der Waals surface area contributed by atoms with Crippen molar-refractivity contribution in [3.63, 3.8) is 0 Å². The minimum absolute atomic E-state index is 0.0311. The van der Waals surface area contributed by atoms with Crippen LogP contribution in [0.25, 0.3) is 10.9 Å². The summed E-state index contributed by atoms with van der Waals surface area (Å²) in [7, 11) is 1.59. The van der Waals surface area contributed by atoms with E-state index in [-0.39, 0.29) is 47.7 Å². The summed E-state index contributed by atoms with van der Waals surface area (Å²) in [5.41, 5.74) is 1.43. The standard InChI is InChI=1S/C31H35FN6O5/c1-4-35-16-19(2)38-26-25(28(39)27(38)31(35)41)30(40)37(34-29(26)36-13-11-33-12-14-36)17-21-7-8-22(32)15-24(21)43-18-20-5-9-23(42-3)10-6-20/h5-10,15,19,33,39H,4,11-14,16-18H2,1-3H3/t19-/m0/s1. The van der Waals surface area contributed by atoms with E-state index < -0.39 is 11.4 Å². The van der Waals surface area contributed by atoms with Crippen molar-refractivity contribution >= 4 is 22.6 Å². The summed E-state index contributed by atoms with van der Waals surface area (Å²) >= 11 is 0. The van der Waals surface area contributed by atoms with Gasteiger partial charge in [-0.3, -0.25) is 9.59 Å². The summed E-state index contributed by atoms with van der Waals surface area (Å²) in [5.74, 6) is 0.375. The highest BCUT2D eigenvalue weighted by Crippen LogP contribution is 2.40. The molecule has 0 radical (unpaired) electrons. The second-order valence-corrected chi connectivity index (χ2v) is 10.9. The Morgan fingerprint density at radius 1 is 1.12 bits per heavy atom. The van der Waals surface area contributed by atoms with Crippen LogP contribution in [-0.4, -0.2) is 76.6 Å². The maximum absolute atomic E-state index is 14.4. The van der Waals surface area contributed by atoms with Crippen molar-refractivity contribution in [2.45, 2.75) is 33.0 Å². The average molecular weight is 591 g/mol. The van der Waals surface area contributed by atoms with Crippen LogP contribution in [0.1, 0.15) is 41.5 Å². The Morgan fingerprint density at radius 2 is 1.86 bits per heavy atom. The number of nitrogens with zero attached hydrogens (tertiary/aromatic N) is 5. The van der Waals surface area contributed by atoms with Gasteiger partial charge in [-0.25, -0.2) is 9.07 Å². The third-order valence-electron chi connectivity index (χ3n) is 8.17. The van der Waals surface area contributed by atoms with E-state index >= 15 is 0 Å². The number of piperazine rings is 1. The minimum Gasteiger partial charge on any atom is -0.505 e. The van der Waals surface area contributed by atoms with Crippen LogP contribution in [0, 0.1) is 5.82 Å². The Bertz CT molecular complexity index is 1730. The van der Waals surface area contributed by atoms with Crippen molar-refractivity contribution < 1.29 is 23.8 Å². The van der Waals surface area contributed by atoms with Gasteiger partial charge in [0.05, 0.1) is 13.7 Å². The summed E-state index contributed by atoms with van der Waals surface area (Å²) in [4.78, 5) is 31.2. The van der Waals surface area contributed by atoms with E-state index in [9.17, 15) is 19.1 Å². The Morgan fingerprint density at radius 3 is 2.56 bits per heavy atom. The minimum atomic E-state index is -0.540. The number of carbonyl (C=O) groups excluding carboxylic acids is 1. The first-order chi connectivity index (χ1) is 20.8. The largest absolute Gasteiger partial charge is 0.505 e. The van der Waals surface area contributed by atoms with Crippen molar-refractivity contribution in [2.75, 3.05) is 51.3 Å². The first kappa shape index (κ1) is 28.5. The Kier molecular flexibility index (Phi) is 7.70. The summed E-state index contributed by atoms with van der Waals surface area (Å²) < 4.78 is 28.6. The highest BCUT2D eigenvalue weighted by molar-refractivity contribution is 6.07. The monoisotopic (exact) mass is 590 g/mol. The lowest BCUT2D eigenvalue weighted by Crippen LogP contribution is -2.45. The SMILES string of the molecule is CCN1C[C@H](C)n2c(c(O)c3c(=O)n(Cc4ccc(F)cc4OCc4ccc(OC)cc4)nc(N4CCNCC4)c32)C1=O. The Hall–Kier alpha value is -4.58. The number of fused-ring (bicyclic) bond motifs is 3. The molecule has 0 unspecified atom stereocenters. The van der Waals surface area contributed by atoms with E-state index in [1.807, 2.05) is 38.1 Å². The molecule has 0 saturated carbocycles. The maximum atomic E-state index is 14.4. The fraction of sp³-hybridized carbons (Fsp3) is 0.387. The van der Waals surface area contributed by atoms with Crippen molar-refractivity contribution in [1.82, 2.24) is 24.6 Å². The number of benzene rings is 2. The van der Waals surface area contributed by atoms with Crippen LogP contribution in [0.15, 0.2) is 47.3 Å². The molecule has 1 fully saturated rings. The number of anilines is 1. The van der Waals surface area contributed by atoms with Gasteiger partial charge in [0.1, 0.15) is 34.8 Å². The predicted molar refractivity (Wildman–Crippen MR) is 160 cm³/mol. The lowest BCUT2D eigenvalue weighted by molar-refractivity contribution is 0.0686. The number of hydrogen-bond acceptors (Lipinski definition) is 8. The second kappa shape index (κ2) is 11.6. The molecule has 6 rings (SSSR count). The number of aromatic hydroxyl groups is 1. The van der Waals surface area contributed by atoms with E-state index in [1.54, 1.807) is 22.6 Å². The van der Waals surface area contributed by atoms with Crippen LogP contribution in [0.3, 0.4) is 0 Å². The molecule has 1 atom stereocenters. The van der Waals surface area contributed by atoms with Gasteiger partial charge in [-0.15, -0.1) is 5.10 Å². The zero-order valence-corrected chi connectivity index (χ0v) is 24.5. The zero-order valence-electron chi connectivity index (χ0n) is 24.5. The van der Waals surface area contributed by atoms with Crippen molar-refractivity contribution in [3.8, 4) is 17.2 Å². The molecule has 0 spiro atoms. The van der Waals surface area contributed by atoms with Gasteiger partial charge in [-0.2, -0.15) is 0 Å². The normalized spacial score (nSPS) is 16.9. The number of amides is 1. The van der Waals surface area contributed by atoms with Crippen LogP contribution in [-0.2, 0) is 13.2 Å². The van der Waals surface area contributed by atoms with Gasteiger partial charge in [0.2, 0.25) is 0 Å². The van der Waals surface area contributed by atoms with E-state index in [0.29, 0.717) is 48.8 Å². The Balaban J connectivity index is 1.45. The molecule has 4 heterocycles. The lowest BCUT2D eigenvalue weighted by Gasteiger charge is -2.34. The van der Waals surface area contributed by atoms with Gasteiger partial charge < -0.3 is 34.3 Å². The molecule has 2 aliphatic heterocycles. The molecule has 226 valence electrons. The van der Waals surface area contributed by atoms with Gasteiger partial charge in [-0.1, -0.05) is 18.2 Å². The Labute approximate surface area is 248 Å². The van der Waals surface area contributed by atoms with E-state index in [4.69, 9.17) is 14.6 Å². The molecule has 11 nitrogen and oxygen atoms in total. The quantitative estimate of drug-likeness (QED) is 0.322. The van der Waals surface area contributed by atoms with Crippen LogP contribution in [0.2, 0.25) is 0 Å². The smallest absolute Gasteiger partial charge is 0.280 e. The van der Waals surface area contributed by atoms with Gasteiger partial charge in [0, 0.05) is 56.9 Å². The molecule has 2 aromatic heterocycles. The summed E-state index contributed by atoms with van der Waals surface area (Å²) in [6, 6.07) is 11.3. The number of aromatic nitrogens is 3. The predicted octanol–water partition coefficient (Wildman–Crippen LogP) is 3.12. The summed E-state index contributed by atoms with van der Waals surface area (Å²) in [5, 5.41) is 19.7. The van der Waals surface area contributed by atoms with E-state index in [2.05, 4.69) is 10.2 Å². The summed E-state index contributed by atoms with van der Waals surface area (Å²) in [6.45, 7) is 7.66. The third-order valence-corrected chi connectivity index (χ3v) is 8.17. The molecule has 1 amide bonds. The van der Waals surface area contributed by atoms with Gasteiger partial charge in [0.15, 0.2) is 17.3 Å². The number of rotatable bonds is 8. The summed E-state index contributed by atoms with van der Waals surface area (Å²) in [6.07, 6.45) is 0. The first-order valence-corrected chi connectivity index (χ1v) is 14.5. The number of halogens is 1. The number of ether oxygens (including phenoxy) is 2. The number of hydrogen-bond donors (Lipinski definition) is 2. The van der Waals surface area contributed by atoms with Crippen LogP contribution in [0.5, 0.6) is 17.2 Å². The second-order valence-electron chi connectivity index (χ2n) is 10.9. The molecule has 0 bridgehead atoms. The molecule has 2 aliphatic rings. The van der Waals surface area contributed by atoms with Crippen molar-refractivity contribution in [3.05, 3.63) is 75.5 Å². The fourth-order valence-corrected chi connectivity index (χ4v) is 5.92. The van der Waals surface area contributed by atoms with Crippen molar-refractivity contribution in [1.29, 1.82) is 0 Å². The lowest BCUT2D eigenvalue weighted by atomic mass is 10.2. The molecule has 2 aromatic carbocycles. The molecule has 43 heavy (non-hydrogen) atoms. The molecule has 12 heteroatoms.